The van der Waals surface area contributed by atoms with Gasteiger partial charge in [0.25, 0.3) is 0 Å². The SMILES string of the molecule is CCCCON(C)C1(C)N(C)C(N)=NC(C)(NC)N1C. The van der Waals surface area contributed by atoms with Crippen molar-refractivity contribution in [1.82, 2.24) is 20.2 Å². The van der Waals surface area contributed by atoms with Crippen LogP contribution in [0.2, 0.25) is 0 Å². The Kier molecular flexibility index (Phi) is 5.37. The zero-order valence-corrected chi connectivity index (χ0v) is 13.9. The van der Waals surface area contributed by atoms with Crippen molar-refractivity contribution in [3.8, 4) is 0 Å². The van der Waals surface area contributed by atoms with Gasteiger partial charge in [0.2, 0.25) is 0 Å². The predicted octanol–water partition coefficient (Wildman–Crippen LogP) is 0.409. The van der Waals surface area contributed by atoms with Gasteiger partial charge in [-0.2, -0.15) is 5.06 Å². The summed E-state index contributed by atoms with van der Waals surface area (Å²) in [6.45, 7) is 6.89. The molecule has 0 saturated carbocycles. The van der Waals surface area contributed by atoms with Crippen molar-refractivity contribution in [2.24, 2.45) is 10.7 Å². The molecule has 118 valence electrons. The zero-order chi connectivity index (χ0) is 15.6. The van der Waals surface area contributed by atoms with Crippen LogP contribution >= 0.6 is 0 Å². The summed E-state index contributed by atoms with van der Waals surface area (Å²) >= 11 is 0. The molecular weight excluding hydrogens is 256 g/mol. The second-order valence-corrected chi connectivity index (χ2v) is 5.51. The average Bonchev–Trinajstić information content (AvgIpc) is 2.43. The van der Waals surface area contributed by atoms with E-state index < -0.39 is 11.6 Å². The minimum absolute atomic E-state index is 0.480. The van der Waals surface area contributed by atoms with Crippen LogP contribution in [-0.2, 0) is 4.84 Å². The predicted molar refractivity (Wildman–Crippen MR) is 81.6 cm³/mol. The van der Waals surface area contributed by atoms with Gasteiger partial charge in [-0.05, 0) is 34.4 Å². The molecule has 2 atom stereocenters. The van der Waals surface area contributed by atoms with Crippen molar-refractivity contribution in [1.29, 1.82) is 0 Å². The van der Waals surface area contributed by atoms with E-state index >= 15 is 0 Å². The van der Waals surface area contributed by atoms with Crippen molar-refractivity contribution >= 4 is 5.96 Å². The maximum atomic E-state index is 6.09. The van der Waals surface area contributed by atoms with Gasteiger partial charge in [0.05, 0.1) is 6.61 Å². The fraction of sp³-hybridized carbons (Fsp3) is 0.923. The fourth-order valence-corrected chi connectivity index (χ4v) is 2.34. The molecule has 1 heterocycles. The highest BCUT2D eigenvalue weighted by molar-refractivity contribution is 5.79. The number of nitrogens with one attached hydrogen (secondary N) is 1. The van der Waals surface area contributed by atoms with E-state index in [1.54, 1.807) is 0 Å². The van der Waals surface area contributed by atoms with Gasteiger partial charge < -0.3 is 10.6 Å². The quantitative estimate of drug-likeness (QED) is 0.544. The molecule has 0 bridgehead atoms. The second-order valence-electron chi connectivity index (χ2n) is 5.51. The average molecular weight is 286 g/mol. The Morgan fingerprint density at radius 3 is 2.50 bits per heavy atom. The Labute approximate surface area is 122 Å². The third-order valence-corrected chi connectivity index (χ3v) is 4.45. The molecule has 1 aliphatic heterocycles. The lowest BCUT2D eigenvalue weighted by atomic mass is 10.2. The number of aliphatic imine (C=N–C) groups is 1. The second kappa shape index (κ2) is 6.26. The Hall–Kier alpha value is -0.890. The van der Waals surface area contributed by atoms with Crippen molar-refractivity contribution < 1.29 is 4.84 Å². The van der Waals surface area contributed by atoms with Crippen LogP contribution < -0.4 is 11.1 Å². The molecule has 0 aromatic rings. The van der Waals surface area contributed by atoms with Crippen LogP contribution in [0.15, 0.2) is 4.99 Å². The van der Waals surface area contributed by atoms with Gasteiger partial charge in [-0.25, -0.2) is 9.89 Å². The summed E-state index contributed by atoms with van der Waals surface area (Å²) in [5.74, 6) is -0.626. The zero-order valence-electron chi connectivity index (χ0n) is 13.9. The van der Waals surface area contributed by atoms with E-state index in [1.165, 1.54) is 0 Å². The Morgan fingerprint density at radius 1 is 1.40 bits per heavy atom. The maximum Gasteiger partial charge on any atom is 0.196 e. The minimum Gasteiger partial charge on any atom is -0.370 e. The summed E-state index contributed by atoms with van der Waals surface area (Å²) in [5.41, 5.74) is 6.09. The molecule has 0 spiro atoms. The van der Waals surface area contributed by atoms with E-state index in [-0.39, 0.29) is 0 Å². The third-order valence-electron chi connectivity index (χ3n) is 4.45. The molecule has 0 saturated heterocycles. The Bertz CT molecular complexity index is 363. The Balaban J connectivity index is 3.03. The molecule has 0 aromatic carbocycles. The van der Waals surface area contributed by atoms with Gasteiger partial charge in [0.1, 0.15) is 0 Å². The Morgan fingerprint density at radius 2 is 2.00 bits per heavy atom. The van der Waals surface area contributed by atoms with Crippen LogP contribution in [0.25, 0.3) is 0 Å². The van der Waals surface area contributed by atoms with Crippen LogP contribution in [0.3, 0.4) is 0 Å². The molecule has 0 radical (unpaired) electrons. The van der Waals surface area contributed by atoms with Crippen LogP contribution in [0.5, 0.6) is 0 Å². The van der Waals surface area contributed by atoms with Gasteiger partial charge in [-0.3, -0.25) is 10.2 Å². The summed E-state index contributed by atoms with van der Waals surface area (Å²) in [6, 6.07) is 0. The molecule has 1 rings (SSSR count). The van der Waals surface area contributed by atoms with E-state index in [1.807, 2.05) is 45.1 Å². The molecule has 20 heavy (non-hydrogen) atoms. The number of hydrogen-bond acceptors (Lipinski definition) is 7. The van der Waals surface area contributed by atoms with Gasteiger partial charge >= 0.3 is 0 Å². The molecule has 1 aliphatic rings. The first kappa shape index (κ1) is 17.2. The molecule has 0 fully saturated rings. The third kappa shape index (κ3) is 2.76. The van der Waals surface area contributed by atoms with Gasteiger partial charge in [-0.15, -0.1) is 0 Å². The standard InChI is InChI=1S/C13H30N6O/c1-8-9-10-20-19(7)13(3)17(5)11(14)16-12(2,15-4)18(13)6/h15H,8-10H2,1-7H3,(H2,14,16). The van der Waals surface area contributed by atoms with E-state index in [9.17, 15) is 0 Å². The van der Waals surface area contributed by atoms with Crippen LogP contribution in [0.1, 0.15) is 33.6 Å². The van der Waals surface area contributed by atoms with Crippen LogP contribution in [0.4, 0.5) is 0 Å². The minimum atomic E-state index is -0.576. The van der Waals surface area contributed by atoms with Crippen LogP contribution in [-0.4, -0.2) is 67.2 Å². The molecule has 0 amide bonds. The first-order valence-electron chi connectivity index (χ1n) is 7.12. The summed E-state index contributed by atoms with van der Waals surface area (Å²) in [7, 11) is 7.72. The summed E-state index contributed by atoms with van der Waals surface area (Å²) in [6.07, 6.45) is 2.13. The smallest absolute Gasteiger partial charge is 0.196 e. The fourth-order valence-electron chi connectivity index (χ4n) is 2.34. The molecule has 2 unspecified atom stereocenters. The number of rotatable bonds is 6. The van der Waals surface area contributed by atoms with E-state index in [0.29, 0.717) is 12.6 Å². The maximum absolute atomic E-state index is 6.09. The molecule has 3 N–H and O–H groups in total. The van der Waals surface area contributed by atoms with Crippen molar-refractivity contribution in [2.45, 2.75) is 45.2 Å². The molecule has 0 aliphatic carbocycles. The number of hydrogen-bond donors (Lipinski definition) is 2. The first-order valence-corrected chi connectivity index (χ1v) is 7.12. The highest BCUT2D eigenvalue weighted by atomic mass is 16.7. The van der Waals surface area contributed by atoms with Gasteiger partial charge in [0, 0.05) is 14.1 Å². The largest absolute Gasteiger partial charge is 0.370 e. The lowest BCUT2D eigenvalue weighted by molar-refractivity contribution is -0.298. The molecule has 7 heteroatoms. The summed E-state index contributed by atoms with van der Waals surface area (Å²) in [4.78, 5) is 14.4. The van der Waals surface area contributed by atoms with Crippen LogP contribution in [0, 0.1) is 0 Å². The van der Waals surface area contributed by atoms with Gasteiger partial charge in [0.15, 0.2) is 17.5 Å². The lowest BCUT2D eigenvalue weighted by Gasteiger charge is -2.57. The summed E-state index contributed by atoms with van der Waals surface area (Å²) in [5, 5.41) is 5.05. The number of guanidine groups is 1. The van der Waals surface area contributed by atoms with Crippen molar-refractivity contribution in [2.75, 3.05) is 34.8 Å². The van der Waals surface area contributed by atoms with E-state index in [2.05, 4.69) is 29.1 Å². The first-order chi connectivity index (χ1) is 9.24. The highest BCUT2D eigenvalue weighted by Gasteiger charge is 2.51. The molecular formula is C13H30N6O. The number of hydroxylamine groups is 2. The normalized spacial score (nSPS) is 31.8. The highest BCUT2D eigenvalue weighted by Crippen LogP contribution is 2.32. The number of unbranched alkanes of at least 4 members (excludes halogenated alkanes) is 1. The van der Waals surface area contributed by atoms with Crippen molar-refractivity contribution in [3.63, 3.8) is 0 Å². The van der Waals surface area contributed by atoms with E-state index in [0.717, 1.165) is 12.8 Å². The molecule has 0 aromatic heterocycles. The van der Waals surface area contributed by atoms with Gasteiger partial charge in [-0.1, -0.05) is 13.3 Å². The number of nitrogens with zero attached hydrogens (tertiary/aromatic N) is 4. The monoisotopic (exact) mass is 286 g/mol. The van der Waals surface area contributed by atoms with E-state index in [4.69, 9.17) is 10.6 Å². The van der Waals surface area contributed by atoms with Crippen molar-refractivity contribution in [3.05, 3.63) is 0 Å². The summed E-state index contributed by atoms with van der Waals surface area (Å²) < 4.78 is 0. The molecule has 7 nitrogen and oxygen atoms in total. The number of nitrogens with two attached hydrogens (primary N) is 1. The topological polar surface area (TPSA) is 69.4 Å². The lowest BCUT2D eigenvalue weighted by Crippen LogP contribution is -2.77.